The largest absolute Gasteiger partial charge is 0.480 e. The fraction of sp³-hybridized carbons (Fsp3) is 0.154. The molecule has 2 rings (SSSR count). The predicted octanol–water partition coefficient (Wildman–Crippen LogP) is 1.56. The molecule has 0 fully saturated rings. The Morgan fingerprint density at radius 2 is 2.14 bits per heavy atom. The molecule has 1 aromatic carbocycles. The zero-order valence-electron chi connectivity index (χ0n) is 10.7. The SMILES string of the molecule is O=C(Nc1cccc2cc(Br)cnc12)N[C@@H](CO)C(=O)O. The molecule has 0 bridgehead atoms. The average Bonchev–Trinajstić information content (AvgIpc) is 2.44. The van der Waals surface area contributed by atoms with E-state index in [-0.39, 0.29) is 0 Å². The number of urea groups is 1. The highest BCUT2D eigenvalue weighted by atomic mass is 79.9. The summed E-state index contributed by atoms with van der Waals surface area (Å²) in [5, 5.41) is 23.1. The van der Waals surface area contributed by atoms with Crippen LogP contribution in [0.4, 0.5) is 10.5 Å². The Hall–Kier alpha value is -2.19. The number of hydrogen-bond donors (Lipinski definition) is 4. The number of fused-ring (bicyclic) bond motifs is 1. The predicted molar refractivity (Wildman–Crippen MR) is 80.1 cm³/mol. The third kappa shape index (κ3) is 3.67. The van der Waals surface area contributed by atoms with Gasteiger partial charge in [-0.1, -0.05) is 12.1 Å². The van der Waals surface area contributed by atoms with E-state index in [0.717, 1.165) is 9.86 Å². The van der Waals surface area contributed by atoms with Gasteiger partial charge in [0.05, 0.1) is 17.8 Å². The van der Waals surface area contributed by atoms with Gasteiger partial charge in [-0.3, -0.25) is 4.98 Å². The topological polar surface area (TPSA) is 112 Å². The maximum absolute atomic E-state index is 11.8. The second-order valence-electron chi connectivity index (χ2n) is 4.20. The molecule has 7 nitrogen and oxygen atoms in total. The van der Waals surface area contributed by atoms with Gasteiger partial charge in [0.2, 0.25) is 0 Å². The molecule has 0 radical (unpaired) electrons. The van der Waals surface area contributed by atoms with E-state index in [1.807, 2.05) is 12.1 Å². The molecular weight excluding hydrogens is 342 g/mol. The third-order valence-electron chi connectivity index (χ3n) is 2.71. The number of rotatable bonds is 4. The number of anilines is 1. The summed E-state index contributed by atoms with van der Waals surface area (Å²) in [5.74, 6) is -1.31. The maximum Gasteiger partial charge on any atom is 0.328 e. The molecule has 8 heteroatoms. The van der Waals surface area contributed by atoms with Crippen LogP contribution >= 0.6 is 15.9 Å². The van der Waals surface area contributed by atoms with Crippen molar-refractivity contribution in [3.05, 3.63) is 34.9 Å². The van der Waals surface area contributed by atoms with Crippen molar-refractivity contribution >= 4 is 44.5 Å². The molecule has 0 aliphatic rings. The summed E-state index contributed by atoms with van der Waals surface area (Å²) in [4.78, 5) is 26.7. The lowest BCUT2D eigenvalue weighted by Gasteiger charge is -2.13. The third-order valence-corrected chi connectivity index (χ3v) is 3.15. The van der Waals surface area contributed by atoms with Crippen molar-refractivity contribution in [2.45, 2.75) is 6.04 Å². The lowest BCUT2D eigenvalue weighted by Crippen LogP contribution is -2.45. The number of aliphatic carboxylic acids is 1. The van der Waals surface area contributed by atoms with Crippen LogP contribution in [0.25, 0.3) is 10.9 Å². The summed E-state index contributed by atoms with van der Waals surface area (Å²) in [6.07, 6.45) is 1.60. The van der Waals surface area contributed by atoms with Crippen molar-refractivity contribution < 1.29 is 19.8 Å². The number of benzene rings is 1. The van der Waals surface area contributed by atoms with Crippen LogP contribution in [0.5, 0.6) is 0 Å². The Kier molecular flexibility index (Phi) is 4.71. The molecule has 1 aromatic heterocycles. The Morgan fingerprint density at radius 1 is 1.38 bits per heavy atom. The molecule has 2 aromatic rings. The van der Waals surface area contributed by atoms with Crippen LogP contribution in [0.2, 0.25) is 0 Å². The number of aromatic nitrogens is 1. The smallest absolute Gasteiger partial charge is 0.328 e. The molecule has 21 heavy (non-hydrogen) atoms. The quantitative estimate of drug-likeness (QED) is 0.666. The van der Waals surface area contributed by atoms with Crippen LogP contribution in [-0.2, 0) is 4.79 Å². The first-order chi connectivity index (χ1) is 10.0. The Labute approximate surface area is 128 Å². The normalized spacial score (nSPS) is 11.9. The monoisotopic (exact) mass is 353 g/mol. The number of carboxylic acid groups (broad SMARTS) is 1. The fourth-order valence-corrected chi connectivity index (χ4v) is 2.09. The number of halogens is 1. The zero-order valence-corrected chi connectivity index (χ0v) is 12.3. The minimum Gasteiger partial charge on any atom is -0.480 e. The van der Waals surface area contributed by atoms with Gasteiger partial charge in [0.1, 0.15) is 0 Å². The number of amides is 2. The summed E-state index contributed by atoms with van der Waals surface area (Å²) < 4.78 is 0.808. The first-order valence-corrected chi connectivity index (χ1v) is 6.76. The molecule has 1 atom stereocenters. The second kappa shape index (κ2) is 6.51. The Balaban J connectivity index is 2.20. The molecule has 0 aliphatic carbocycles. The van der Waals surface area contributed by atoms with E-state index >= 15 is 0 Å². The van der Waals surface area contributed by atoms with Gasteiger partial charge in [-0.2, -0.15) is 0 Å². The van der Waals surface area contributed by atoms with Crippen LogP contribution < -0.4 is 10.6 Å². The van der Waals surface area contributed by atoms with Gasteiger partial charge in [0, 0.05) is 16.1 Å². The van der Waals surface area contributed by atoms with Crippen LogP contribution in [0.3, 0.4) is 0 Å². The molecule has 1 heterocycles. The van der Waals surface area contributed by atoms with E-state index in [1.54, 1.807) is 18.3 Å². The first-order valence-electron chi connectivity index (χ1n) is 5.96. The molecular formula is C13H12BrN3O4. The van der Waals surface area contributed by atoms with E-state index in [9.17, 15) is 9.59 Å². The highest BCUT2D eigenvalue weighted by molar-refractivity contribution is 9.10. The van der Waals surface area contributed by atoms with E-state index in [0.29, 0.717) is 11.2 Å². The minimum absolute atomic E-state index is 0.444. The van der Waals surface area contributed by atoms with Crippen LogP contribution in [0, 0.1) is 0 Å². The number of carbonyl (C=O) groups is 2. The lowest BCUT2D eigenvalue weighted by molar-refractivity contribution is -0.140. The van der Waals surface area contributed by atoms with Crippen LogP contribution in [0.1, 0.15) is 0 Å². The van der Waals surface area contributed by atoms with Gasteiger partial charge in [-0.25, -0.2) is 9.59 Å². The number of carbonyl (C=O) groups excluding carboxylic acids is 1. The molecule has 2 amide bonds. The highest BCUT2D eigenvalue weighted by Crippen LogP contribution is 2.23. The number of pyridine rings is 1. The molecule has 0 saturated heterocycles. The van der Waals surface area contributed by atoms with Crippen molar-refractivity contribution in [2.24, 2.45) is 0 Å². The number of nitrogens with one attached hydrogen (secondary N) is 2. The molecule has 0 saturated carbocycles. The summed E-state index contributed by atoms with van der Waals surface area (Å²) in [6, 6.07) is 4.99. The fourth-order valence-electron chi connectivity index (χ4n) is 1.74. The van der Waals surface area contributed by atoms with Crippen molar-refractivity contribution in [2.75, 3.05) is 11.9 Å². The standard InChI is InChI=1S/C13H12BrN3O4/c14-8-4-7-2-1-3-9(11(7)15-5-8)16-13(21)17-10(6-18)12(19)20/h1-5,10,18H,6H2,(H,19,20)(H2,16,17,21)/t10-/m0/s1. The van der Waals surface area contributed by atoms with Crippen molar-refractivity contribution in [3.63, 3.8) is 0 Å². The number of para-hydroxylation sites is 1. The number of aliphatic hydroxyl groups excluding tert-OH is 1. The van der Waals surface area contributed by atoms with Gasteiger partial charge in [-0.15, -0.1) is 0 Å². The van der Waals surface area contributed by atoms with E-state index in [1.165, 1.54) is 0 Å². The van der Waals surface area contributed by atoms with Gasteiger partial charge >= 0.3 is 12.0 Å². The zero-order chi connectivity index (χ0) is 15.4. The minimum atomic E-state index is -1.36. The van der Waals surface area contributed by atoms with Gasteiger partial charge in [0.25, 0.3) is 0 Å². The van der Waals surface area contributed by atoms with Crippen molar-refractivity contribution in [3.8, 4) is 0 Å². The van der Waals surface area contributed by atoms with Crippen molar-refractivity contribution in [1.29, 1.82) is 0 Å². The number of carboxylic acids is 1. The molecule has 4 N–H and O–H groups in total. The highest BCUT2D eigenvalue weighted by Gasteiger charge is 2.19. The Morgan fingerprint density at radius 3 is 2.81 bits per heavy atom. The number of hydrogen-bond acceptors (Lipinski definition) is 4. The summed E-state index contributed by atoms with van der Waals surface area (Å²) in [7, 11) is 0. The van der Waals surface area contributed by atoms with E-state index < -0.39 is 24.6 Å². The second-order valence-corrected chi connectivity index (χ2v) is 5.12. The summed E-state index contributed by atoms with van der Waals surface area (Å²) >= 11 is 3.31. The summed E-state index contributed by atoms with van der Waals surface area (Å²) in [5.41, 5.74) is 1.02. The molecule has 0 unspecified atom stereocenters. The summed E-state index contributed by atoms with van der Waals surface area (Å²) in [6.45, 7) is -0.691. The number of aliphatic hydroxyl groups is 1. The molecule has 110 valence electrons. The van der Waals surface area contributed by atoms with Crippen LogP contribution in [0.15, 0.2) is 34.9 Å². The first kappa shape index (κ1) is 15.2. The average molecular weight is 354 g/mol. The van der Waals surface area contributed by atoms with Gasteiger partial charge in [0.15, 0.2) is 6.04 Å². The maximum atomic E-state index is 11.8. The Bertz CT molecular complexity index is 692. The van der Waals surface area contributed by atoms with Gasteiger partial charge < -0.3 is 20.8 Å². The van der Waals surface area contributed by atoms with Crippen molar-refractivity contribution in [1.82, 2.24) is 10.3 Å². The van der Waals surface area contributed by atoms with Crippen LogP contribution in [-0.4, -0.2) is 39.8 Å². The van der Waals surface area contributed by atoms with E-state index in [2.05, 4.69) is 31.5 Å². The number of nitrogens with zero attached hydrogens (tertiary/aromatic N) is 1. The van der Waals surface area contributed by atoms with E-state index in [4.69, 9.17) is 10.2 Å². The molecule has 0 spiro atoms. The molecule has 0 aliphatic heterocycles. The van der Waals surface area contributed by atoms with Gasteiger partial charge in [-0.05, 0) is 28.1 Å². The lowest BCUT2D eigenvalue weighted by atomic mass is 10.2.